The van der Waals surface area contributed by atoms with E-state index in [0.29, 0.717) is 5.92 Å². The lowest BCUT2D eigenvalue weighted by atomic mass is 9.65. The summed E-state index contributed by atoms with van der Waals surface area (Å²) in [6.45, 7) is 16.1. The molecule has 1 aromatic carbocycles. The summed E-state index contributed by atoms with van der Waals surface area (Å²) in [5.41, 5.74) is 3.38. The fourth-order valence-electron chi connectivity index (χ4n) is 1.72. The molecule has 90 valence electrons. The first-order chi connectivity index (χ1) is 7.16. The summed E-state index contributed by atoms with van der Waals surface area (Å²) in [5, 5.41) is 0. The first-order valence-electron chi connectivity index (χ1n) is 6.26. The molecule has 0 aliphatic heterocycles. The van der Waals surface area contributed by atoms with Gasteiger partial charge in [-0.05, 0) is 27.9 Å². The Bertz CT molecular complexity index is 351. The van der Waals surface area contributed by atoms with Crippen molar-refractivity contribution in [2.24, 2.45) is 5.41 Å². The molecular weight excluding hydrogens is 192 g/mol. The first kappa shape index (κ1) is 13.3. The third kappa shape index (κ3) is 2.48. The highest BCUT2D eigenvalue weighted by Gasteiger charge is 2.34. The number of rotatable bonds is 2. The van der Waals surface area contributed by atoms with Crippen LogP contribution in [-0.2, 0) is 5.41 Å². The molecule has 1 rings (SSSR count). The van der Waals surface area contributed by atoms with Crippen molar-refractivity contribution < 1.29 is 0 Å². The standard InChI is InChI=1S/C16H26/c1-12(2)13-9-8-10-14(11-13)16(6,7)15(3,4)5/h8-12H,1-7H3. The molecule has 0 radical (unpaired) electrons. The van der Waals surface area contributed by atoms with Gasteiger partial charge in [-0.15, -0.1) is 0 Å². The highest BCUT2D eigenvalue weighted by atomic mass is 14.4. The van der Waals surface area contributed by atoms with Crippen molar-refractivity contribution >= 4 is 0 Å². The van der Waals surface area contributed by atoms with Gasteiger partial charge in [0.2, 0.25) is 0 Å². The van der Waals surface area contributed by atoms with Crippen LogP contribution in [0.15, 0.2) is 24.3 Å². The maximum atomic E-state index is 2.37. The van der Waals surface area contributed by atoms with Crippen molar-refractivity contribution in [2.75, 3.05) is 0 Å². The molecular formula is C16H26. The summed E-state index contributed by atoms with van der Waals surface area (Å²) in [7, 11) is 0. The second-order valence-electron chi connectivity index (χ2n) is 6.66. The van der Waals surface area contributed by atoms with Crippen LogP contribution in [0.2, 0.25) is 0 Å². The van der Waals surface area contributed by atoms with Crippen LogP contribution < -0.4 is 0 Å². The van der Waals surface area contributed by atoms with E-state index in [1.54, 1.807) is 0 Å². The van der Waals surface area contributed by atoms with E-state index >= 15 is 0 Å². The Hall–Kier alpha value is -0.780. The van der Waals surface area contributed by atoms with Crippen molar-refractivity contribution in [3.8, 4) is 0 Å². The van der Waals surface area contributed by atoms with Crippen LogP contribution in [0.25, 0.3) is 0 Å². The first-order valence-corrected chi connectivity index (χ1v) is 6.26. The van der Waals surface area contributed by atoms with Crippen LogP contribution in [0.3, 0.4) is 0 Å². The molecule has 0 heterocycles. The van der Waals surface area contributed by atoms with Crippen molar-refractivity contribution in [1.29, 1.82) is 0 Å². The second kappa shape index (κ2) is 4.24. The number of hydrogen-bond acceptors (Lipinski definition) is 0. The van der Waals surface area contributed by atoms with Gasteiger partial charge in [0.25, 0.3) is 0 Å². The van der Waals surface area contributed by atoms with E-state index in [0.717, 1.165) is 0 Å². The molecule has 0 amide bonds. The minimum Gasteiger partial charge on any atom is -0.0617 e. The van der Waals surface area contributed by atoms with Crippen LogP contribution in [0.5, 0.6) is 0 Å². The SMILES string of the molecule is CC(C)c1cccc(C(C)(C)C(C)(C)C)c1. The molecule has 0 nitrogen and oxygen atoms in total. The Labute approximate surface area is 101 Å². The summed E-state index contributed by atoms with van der Waals surface area (Å²) in [6, 6.07) is 9.05. The third-order valence-corrected chi connectivity index (χ3v) is 4.15. The average Bonchev–Trinajstić information content (AvgIpc) is 2.16. The molecule has 0 atom stereocenters. The Morgan fingerprint density at radius 3 is 1.94 bits per heavy atom. The van der Waals surface area contributed by atoms with Crippen LogP contribution in [0, 0.1) is 5.41 Å². The molecule has 16 heavy (non-hydrogen) atoms. The van der Waals surface area contributed by atoms with Crippen LogP contribution in [-0.4, -0.2) is 0 Å². The van der Waals surface area contributed by atoms with E-state index in [9.17, 15) is 0 Å². The van der Waals surface area contributed by atoms with E-state index in [-0.39, 0.29) is 10.8 Å². The van der Waals surface area contributed by atoms with E-state index < -0.39 is 0 Å². The Balaban J connectivity index is 3.19. The van der Waals surface area contributed by atoms with E-state index in [1.165, 1.54) is 11.1 Å². The third-order valence-electron chi connectivity index (χ3n) is 4.15. The minimum absolute atomic E-state index is 0.206. The molecule has 0 aliphatic rings. The normalized spacial score (nSPS) is 13.2. The van der Waals surface area contributed by atoms with Gasteiger partial charge >= 0.3 is 0 Å². The van der Waals surface area contributed by atoms with Crippen LogP contribution >= 0.6 is 0 Å². The lowest BCUT2D eigenvalue weighted by molar-refractivity contribution is 0.225. The van der Waals surface area contributed by atoms with Gasteiger partial charge in [0.15, 0.2) is 0 Å². The topological polar surface area (TPSA) is 0 Å². The fraction of sp³-hybridized carbons (Fsp3) is 0.625. The maximum absolute atomic E-state index is 2.37. The van der Waals surface area contributed by atoms with E-state index in [1.807, 2.05) is 0 Å². The van der Waals surface area contributed by atoms with Gasteiger partial charge < -0.3 is 0 Å². The predicted octanol–water partition coefficient (Wildman–Crippen LogP) is 5.13. The summed E-state index contributed by atoms with van der Waals surface area (Å²) < 4.78 is 0. The largest absolute Gasteiger partial charge is 0.0617 e. The van der Waals surface area contributed by atoms with Gasteiger partial charge in [-0.1, -0.05) is 72.7 Å². The number of benzene rings is 1. The van der Waals surface area contributed by atoms with Gasteiger partial charge in [-0.3, -0.25) is 0 Å². The molecule has 0 spiro atoms. The highest BCUT2D eigenvalue weighted by molar-refractivity contribution is 5.32. The zero-order valence-electron chi connectivity index (χ0n) is 11.9. The predicted molar refractivity (Wildman–Crippen MR) is 73.0 cm³/mol. The molecule has 0 unspecified atom stereocenters. The Kier molecular flexibility index (Phi) is 3.52. The minimum atomic E-state index is 0.206. The lowest BCUT2D eigenvalue weighted by Gasteiger charge is -2.39. The van der Waals surface area contributed by atoms with E-state index in [2.05, 4.69) is 72.7 Å². The van der Waals surface area contributed by atoms with Gasteiger partial charge in [-0.25, -0.2) is 0 Å². The van der Waals surface area contributed by atoms with Crippen molar-refractivity contribution in [2.45, 2.75) is 59.8 Å². The molecule has 0 aromatic heterocycles. The smallest absolute Gasteiger partial charge is 0.00550 e. The fourth-order valence-corrected chi connectivity index (χ4v) is 1.72. The lowest BCUT2D eigenvalue weighted by Crippen LogP contribution is -2.34. The summed E-state index contributed by atoms with van der Waals surface area (Å²) >= 11 is 0. The van der Waals surface area contributed by atoms with Gasteiger partial charge in [0, 0.05) is 0 Å². The monoisotopic (exact) mass is 218 g/mol. The maximum Gasteiger partial charge on any atom is -0.00550 e. The molecule has 0 saturated heterocycles. The Morgan fingerprint density at radius 2 is 1.50 bits per heavy atom. The molecule has 0 N–H and O–H groups in total. The molecule has 0 fully saturated rings. The number of hydrogen-bond donors (Lipinski definition) is 0. The van der Waals surface area contributed by atoms with Crippen molar-refractivity contribution in [1.82, 2.24) is 0 Å². The molecule has 0 heteroatoms. The molecule has 0 saturated carbocycles. The van der Waals surface area contributed by atoms with Crippen molar-refractivity contribution in [3.05, 3.63) is 35.4 Å². The zero-order valence-corrected chi connectivity index (χ0v) is 11.9. The van der Waals surface area contributed by atoms with Gasteiger partial charge in [0.1, 0.15) is 0 Å². The molecule has 0 aliphatic carbocycles. The second-order valence-corrected chi connectivity index (χ2v) is 6.66. The zero-order chi connectivity index (χ0) is 12.6. The summed E-state index contributed by atoms with van der Waals surface area (Å²) in [6.07, 6.45) is 0. The van der Waals surface area contributed by atoms with Crippen molar-refractivity contribution in [3.63, 3.8) is 0 Å². The quantitative estimate of drug-likeness (QED) is 0.645. The van der Waals surface area contributed by atoms with E-state index in [4.69, 9.17) is 0 Å². The van der Waals surface area contributed by atoms with Crippen LogP contribution in [0.1, 0.15) is 65.5 Å². The van der Waals surface area contributed by atoms with Gasteiger partial charge in [0.05, 0.1) is 0 Å². The summed E-state index contributed by atoms with van der Waals surface area (Å²) in [4.78, 5) is 0. The highest BCUT2D eigenvalue weighted by Crippen LogP contribution is 2.41. The average molecular weight is 218 g/mol. The Morgan fingerprint density at radius 1 is 0.938 bits per heavy atom. The molecule has 1 aromatic rings. The van der Waals surface area contributed by atoms with Crippen LogP contribution in [0.4, 0.5) is 0 Å². The summed E-state index contributed by atoms with van der Waals surface area (Å²) in [5.74, 6) is 0.607. The van der Waals surface area contributed by atoms with Gasteiger partial charge in [-0.2, -0.15) is 0 Å². The molecule has 0 bridgehead atoms.